The number of rotatable bonds is 5. The summed E-state index contributed by atoms with van der Waals surface area (Å²) >= 11 is 1.63. The van der Waals surface area contributed by atoms with Gasteiger partial charge in [-0.05, 0) is 55.1 Å². The van der Waals surface area contributed by atoms with Gasteiger partial charge in [0.15, 0.2) is 5.82 Å². The molecule has 9 heteroatoms. The Morgan fingerprint density at radius 3 is 2.53 bits per heavy atom. The van der Waals surface area contributed by atoms with Crippen molar-refractivity contribution in [1.82, 2.24) is 19.1 Å². The van der Waals surface area contributed by atoms with Crippen LogP contribution in [0.15, 0.2) is 28.0 Å². The first-order chi connectivity index (χ1) is 14.3. The zero-order valence-corrected chi connectivity index (χ0v) is 17.5. The predicted octanol–water partition coefficient (Wildman–Crippen LogP) is 5.14. The van der Waals surface area contributed by atoms with Crippen LogP contribution in [0.25, 0.3) is 22.6 Å². The molecule has 0 radical (unpaired) electrons. The molecule has 5 rings (SSSR count). The molecular weight excluding hydrogens is 413 g/mol. The number of halogens is 3. The molecule has 3 aromatic heterocycles. The topological polar surface area (TPSA) is 52.7 Å². The van der Waals surface area contributed by atoms with Gasteiger partial charge in [-0.25, -0.2) is 4.98 Å². The number of alkyl halides is 3. The maximum atomic E-state index is 13.7. The average molecular weight is 434 g/mol. The molecule has 0 spiro atoms. The Hall–Kier alpha value is -2.29. The Morgan fingerprint density at radius 1 is 1.20 bits per heavy atom. The van der Waals surface area contributed by atoms with E-state index in [2.05, 4.69) is 16.0 Å². The Morgan fingerprint density at radius 2 is 1.93 bits per heavy atom. The van der Waals surface area contributed by atoms with Crippen molar-refractivity contribution < 1.29 is 13.2 Å². The molecule has 2 saturated carbocycles. The second-order valence-electron chi connectivity index (χ2n) is 7.98. The lowest BCUT2D eigenvalue weighted by Gasteiger charge is -2.15. The Kier molecular flexibility index (Phi) is 4.50. The van der Waals surface area contributed by atoms with Crippen molar-refractivity contribution in [3.05, 3.63) is 39.9 Å². The molecule has 0 aromatic carbocycles. The van der Waals surface area contributed by atoms with Crippen LogP contribution in [0.1, 0.15) is 55.8 Å². The van der Waals surface area contributed by atoms with Gasteiger partial charge in [-0.2, -0.15) is 13.2 Å². The van der Waals surface area contributed by atoms with Gasteiger partial charge >= 0.3 is 6.18 Å². The standard InChI is InChI=1S/C21H21F3N4OS/c1-3-30-15-8-12(11-4-5-11)10-25-17(15)19-26-14-9-16(21(22,23)24)28(13-6-7-13)20(29)18(14)27(19)2/h8-11,13H,3-7H2,1-2H3. The van der Waals surface area contributed by atoms with Gasteiger partial charge in [0.05, 0.1) is 5.52 Å². The summed E-state index contributed by atoms with van der Waals surface area (Å²) in [5, 5.41) is 0. The SMILES string of the molecule is CCSc1cc(C2CC2)cnc1-c1nc2cc(C(F)(F)F)n(C3CC3)c(=O)c2n1C. The van der Waals surface area contributed by atoms with Crippen LogP contribution in [0.2, 0.25) is 0 Å². The molecular formula is C21H21F3N4OS. The van der Waals surface area contributed by atoms with Crippen LogP contribution in [0.5, 0.6) is 0 Å². The minimum atomic E-state index is -4.61. The summed E-state index contributed by atoms with van der Waals surface area (Å²) in [6.45, 7) is 2.04. The number of hydrogen-bond donors (Lipinski definition) is 0. The van der Waals surface area contributed by atoms with Crippen LogP contribution in [-0.4, -0.2) is 24.9 Å². The number of nitrogens with zero attached hydrogens (tertiary/aromatic N) is 4. The lowest BCUT2D eigenvalue weighted by Crippen LogP contribution is -2.28. The highest BCUT2D eigenvalue weighted by molar-refractivity contribution is 7.99. The van der Waals surface area contributed by atoms with Crippen LogP contribution >= 0.6 is 11.8 Å². The second-order valence-corrected chi connectivity index (χ2v) is 9.29. The Balaban J connectivity index is 1.73. The molecule has 3 aromatic rings. The Labute approximate surface area is 175 Å². The molecule has 2 aliphatic rings. The van der Waals surface area contributed by atoms with E-state index in [0.717, 1.165) is 34.1 Å². The third-order valence-electron chi connectivity index (χ3n) is 5.71. The zero-order chi connectivity index (χ0) is 21.2. The van der Waals surface area contributed by atoms with Crippen LogP contribution in [0.4, 0.5) is 13.2 Å². The highest BCUT2D eigenvalue weighted by Gasteiger charge is 2.40. The number of hydrogen-bond acceptors (Lipinski definition) is 4. The summed E-state index contributed by atoms with van der Waals surface area (Å²) in [4.78, 5) is 23.1. The van der Waals surface area contributed by atoms with Gasteiger partial charge in [0.2, 0.25) is 0 Å². The highest BCUT2D eigenvalue weighted by atomic mass is 32.2. The average Bonchev–Trinajstić information content (AvgIpc) is 3.59. The van der Waals surface area contributed by atoms with E-state index in [1.807, 2.05) is 13.1 Å². The number of thioether (sulfide) groups is 1. The normalized spacial score (nSPS) is 17.1. The largest absolute Gasteiger partial charge is 0.431 e. The first-order valence-corrected chi connectivity index (χ1v) is 11.1. The van der Waals surface area contributed by atoms with Gasteiger partial charge in [0.25, 0.3) is 5.56 Å². The lowest BCUT2D eigenvalue weighted by atomic mass is 10.2. The van der Waals surface area contributed by atoms with Gasteiger partial charge in [0.1, 0.15) is 16.9 Å². The van der Waals surface area contributed by atoms with Crippen LogP contribution in [0.3, 0.4) is 0 Å². The van der Waals surface area contributed by atoms with Crippen molar-refractivity contribution in [2.75, 3.05) is 5.75 Å². The fourth-order valence-electron chi connectivity index (χ4n) is 3.95. The summed E-state index contributed by atoms with van der Waals surface area (Å²) in [5.74, 6) is 1.80. The molecule has 0 amide bonds. The quantitative estimate of drug-likeness (QED) is 0.522. The van der Waals surface area contributed by atoms with E-state index >= 15 is 0 Å². The number of aromatic nitrogens is 4. The molecule has 0 unspecified atom stereocenters. The Bertz CT molecular complexity index is 1210. The van der Waals surface area contributed by atoms with Crippen LogP contribution in [-0.2, 0) is 13.2 Å². The van der Waals surface area contributed by atoms with E-state index in [1.165, 1.54) is 5.56 Å². The molecule has 2 aliphatic carbocycles. The smallest absolute Gasteiger partial charge is 0.321 e. The molecule has 30 heavy (non-hydrogen) atoms. The van der Waals surface area contributed by atoms with Gasteiger partial charge in [-0.1, -0.05) is 6.92 Å². The number of fused-ring (bicyclic) bond motifs is 1. The number of pyridine rings is 2. The van der Waals surface area contributed by atoms with Gasteiger partial charge in [0, 0.05) is 24.2 Å². The van der Waals surface area contributed by atoms with E-state index in [0.29, 0.717) is 30.3 Å². The molecule has 0 atom stereocenters. The molecule has 0 saturated heterocycles. The van der Waals surface area contributed by atoms with E-state index in [9.17, 15) is 18.0 Å². The molecule has 3 heterocycles. The van der Waals surface area contributed by atoms with Crippen molar-refractivity contribution in [1.29, 1.82) is 0 Å². The monoisotopic (exact) mass is 434 g/mol. The minimum Gasteiger partial charge on any atom is -0.321 e. The summed E-state index contributed by atoms with van der Waals surface area (Å²) in [6.07, 6.45) is 0.701. The summed E-state index contributed by atoms with van der Waals surface area (Å²) in [6, 6.07) is 2.72. The van der Waals surface area contributed by atoms with E-state index in [1.54, 1.807) is 23.4 Å². The van der Waals surface area contributed by atoms with E-state index < -0.39 is 17.4 Å². The molecule has 158 valence electrons. The fourth-order valence-corrected chi connectivity index (χ4v) is 4.77. The van der Waals surface area contributed by atoms with Gasteiger partial charge < -0.3 is 4.57 Å². The fraction of sp³-hybridized carbons (Fsp3) is 0.476. The molecule has 2 fully saturated rings. The highest BCUT2D eigenvalue weighted by Crippen LogP contribution is 2.43. The van der Waals surface area contributed by atoms with E-state index in [-0.39, 0.29) is 17.1 Å². The molecule has 0 N–H and O–H groups in total. The third kappa shape index (κ3) is 3.23. The third-order valence-corrected chi connectivity index (χ3v) is 6.62. The predicted molar refractivity (Wildman–Crippen MR) is 110 cm³/mol. The first-order valence-electron chi connectivity index (χ1n) is 10.1. The molecule has 5 nitrogen and oxygen atoms in total. The van der Waals surface area contributed by atoms with Crippen molar-refractivity contribution in [3.8, 4) is 11.5 Å². The number of aryl methyl sites for hydroxylation is 1. The maximum absolute atomic E-state index is 13.7. The van der Waals surface area contributed by atoms with Crippen LogP contribution < -0.4 is 5.56 Å². The first kappa shape index (κ1) is 19.7. The lowest BCUT2D eigenvalue weighted by molar-refractivity contribution is -0.144. The van der Waals surface area contributed by atoms with Crippen molar-refractivity contribution in [2.45, 2.75) is 55.6 Å². The number of imidazole rings is 1. The van der Waals surface area contributed by atoms with Crippen molar-refractivity contribution in [2.24, 2.45) is 7.05 Å². The van der Waals surface area contributed by atoms with E-state index in [4.69, 9.17) is 0 Å². The van der Waals surface area contributed by atoms with Gasteiger partial charge in [-0.15, -0.1) is 11.8 Å². The van der Waals surface area contributed by atoms with Crippen LogP contribution in [0, 0.1) is 0 Å². The van der Waals surface area contributed by atoms with Crippen molar-refractivity contribution >= 4 is 22.8 Å². The molecule has 0 bridgehead atoms. The van der Waals surface area contributed by atoms with Gasteiger partial charge in [-0.3, -0.25) is 14.3 Å². The minimum absolute atomic E-state index is 0.0576. The summed E-state index contributed by atoms with van der Waals surface area (Å²) < 4.78 is 43.5. The maximum Gasteiger partial charge on any atom is 0.431 e. The zero-order valence-electron chi connectivity index (χ0n) is 16.7. The summed E-state index contributed by atoms with van der Waals surface area (Å²) in [5.41, 5.74) is 0.475. The summed E-state index contributed by atoms with van der Waals surface area (Å²) in [7, 11) is 1.67. The molecule has 0 aliphatic heterocycles. The second kappa shape index (κ2) is 6.87. The van der Waals surface area contributed by atoms with Crippen molar-refractivity contribution in [3.63, 3.8) is 0 Å².